The van der Waals surface area contributed by atoms with Gasteiger partial charge in [0.15, 0.2) is 0 Å². The molecule has 12 aromatic rings. The second-order valence-corrected chi connectivity index (χ2v) is 16.5. The first kappa shape index (κ1) is 30.2. The van der Waals surface area contributed by atoms with E-state index in [1.54, 1.807) is 0 Å². The van der Waals surface area contributed by atoms with Crippen molar-refractivity contribution in [2.75, 3.05) is 0 Å². The minimum absolute atomic E-state index is 1.24. The number of thiophene rings is 2. The predicted octanol–water partition coefficient (Wildman–Crippen LogP) is 16.0. The number of rotatable bonds is 3. The lowest BCUT2D eigenvalue weighted by molar-refractivity contribution is 1.68. The lowest BCUT2D eigenvalue weighted by Crippen LogP contribution is -1.91. The molecule has 0 fully saturated rings. The largest absolute Gasteiger partial charge is 0.135 e. The highest BCUT2D eigenvalue weighted by atomic mass is 32.1. The molecule has 10 aromatic carbocycles. The smallest absolute Gasteiger partial charge is 0.0441 e. The summed E-state index contributed by atoms with van der Waals surface area (Å²) in [5.41, 5.74) is 7.69. The molecule has 0 N–H and O–H groups in total. The molecule has 0 aliphatic rings. The molecule has 0 saturated carbocycles. The first-order valence-electron chi connectivity index (χ1n) is 18.5. The van der Waals surface area contributed by atoms with E-state index in [1.165, 1.54) is 117 Å². The zero-order valence-electron chi connectivity index (χ0n) is 29.1. The molecule has 0 radical (unpaired) electrons. The average molecular weight is 719 g/mol. The number of hydrogen-bond acceptors (Lipinski definition) is 2. The maximum absolute atomic E-state index is 2.45. The molecule has 0 nitrogen and oxygen atoms in total. The predicted molar refractivity (Wildman–Crippen MR) is 239 cm³/mol. The normalized spacial score (nSPS) is 12.1. The minimum Gasteiger partial charge on any atom is -0.135 e. The molecule has 0 saturated heterocycles. The molecule has 0 amide bonds. The Balaban J connectivity index is 1.07. The Morgan fingerprint density at radius 2 is 0.796 bits per heavy atom. The fourth-order valence-electron chi connectivity index (χ4n) is 9.06. The van der Waals surface area contributed by atoms with Crippen LogP contribution in [0.25, 0.3) is 117 Å². The van der Waals surface area contributed by atoms with E-state index in [4.69, 9.17) is 0 Å². The molecule has 0 aliphatic carbocycles. The van der Waals surface area contributed by atoms with E-state index in [2.05, 4.69) is 182 Å². The van der Waals surface area contributed by atoms with Crippen molar-refractivity contribution in [3.05, 3.63) is 182 Å². The first-order chi connectivity index (χ1) is 26.8. The van der Waals surface area contributed by atoms with E-state index in [9.17, 15) is 0 Å². The van der Waals surface area contributed by atoms with Gasteiger partial charge in [0.1, 0.15) is 0 Å². The van der Waals surface area contributed by atoms with Crippen molar-refractivity contribution in [1.29, 1.82) is 0 Å². The standard InChI is InChI=1S/C52H30S2/c1-2-14-36-31(12-1)13-11-21-37(36)49-40-17-5-3-15-38(40)48(39-16-4-6-18-41(39)49)35-27-25-32-28-34(26-24-33(32)29-35)44-30-47-50(42-19-7-9-22-45(42)53-47)51-43-20-8-10-23-46(43)54-52(44)51/h1-30H. The zero-order valence-corrected chi connectivity index (χ0v) is 30.8. The number of hydrogen-bond donors (Lipinski definition) is 0. The highest BCUT2D eigenvalue weighted by Crippen LogP contribution is 2.50. The van der Waals surface area contributed by atoms with Crippen molar-refractivity contribution < 1.29 is 0 Å². The van der Waals surface area contributed by atoms with Crippen LogP contribution in [0.3, 0.4) is 0 Å². The van der Waals surface area contributed by atoms with Crippen LogP contribution in [-0.2, 0) is 0 Å². The van der Waals surface area contributed by atoms with Crippen molar-refractivity contribution in [1.82, 2.24) is 0 Å². The SMILES string of the molecule is c1ccc2c(-c3c4ccccc4c(-c4ccc5cc(-c6cc7sc8ccccc8c7c7c6sc6ccccc67)ccc5c4)c4ccccc34)cccc2c1. The average Bonchev–Trinajstić information content (AvgIpc) is 3.80. The van der Waals surface area contributed by atoms with Gasteiger partial charge >= 0.3 is 0 Å². The van der Waals surface area contributed by atoms with Crippen LogP contribution >= 0.6 is 22.7 Å². The summed E-state index contributed by atoms with van der Waals surface area (Å²) >= 11 is 3.83. The van der Waals surface area contributed by atoms with Crippen LogP contribution in [0.1, 0.15) is 0 Å². The highest BCUT2D eigenvalue weighted by Gasteiger charge is 2.20. The van der Waals surface area contributed by atoms with Crippen LogP contribution in [0.4, 0.5) is 0 Å². The van der Waals surface area contributed by atoms with Crippen LogP contribution in [-0.4, -0.2) is 0 Å². The van der Waals surface area contributed by atoms with Crippen LogP contribution in [0.2, 0.25) is 0 Å². The lowest BCUT2D eigenvalue weighted by Gasteiger charge is -2.19. The molecule has 0 atom stereocenters. The van der Waals surface area contributed by atoms with Gasteiger partial charge in [0.25, 0.3) is 0 Å². The molecule has 54 heavy (non-hydrogen) atoms. The van der Waals surface area contributed by atoms with Gasteiger partial charge in [0.05, 0.1) is 0 Å². The van der Waals surface area contributed by atoms with Gasteiger partial charge in [-0.1, -0.05) is 152 Å². The maximum atomic E-state index is 2.45. The summed E-state index contributed by atoms with van der Waals surface area (Å²) in [5.74, 6) is 0. The summed E-state index contributed by atoms with van der Waals surface area (Å²) in [6.45, 7) is 0. The molecule has 12 rings (SSSR count). The number of benzene rings is 10. The summed E-state index contributed by atoms with van der Waals surface area (Å²) in [7, 11) is 0. The Hall–Kier alpha value is -6.32. The Kier molecular flexibility index (Phi) is 6.48. The fourth-order valence-corrected chi connectivity index (χ4v) is 11.5. The van der Waals surface area contributed by atoms with Gasteiger partial charge in [-0.25, -0.2) is 0 Å². The topological polar surface area (TPSA) is 0 Å². The second kappa shape index (κ2) is 11.6. The molecule has 0 spiro atoms. The molecule has 2 heterocycles. The van der Waals surface area contributed by atoms with Gasteiger partial charge in [0.2, 0.25) is 0 Å². The molecule has 250 valence electrons. The van der Waals surface area contributed by atoms with E-state index in [-0.39, 0.29) is 0 Å². The van der Waals surface area contributed by atoms with Crippen molar-refractivity contribution in [2.24, 2.45) is 0 Å². The third-order valence-corrected chi connectivity index (χ3v) is 13.7. The Bertz CT molecular complexity index is 3440. The molecular formula is C52H30S2. The highest BCUT2D eigenvalue weighted by molar-refractivity contribution is 7.28. The van der Waals surface area contributed by atoms with E-state index in [0.717, 1.165) is 0 Å². The first-order valence-corrected chi connectivity index (χ1v) is 20.1. The van der Waals surface area contributed by atoms with Crippen molar-refractivity contribution in [2.45, 2.75) is 0 Å². The minimum atomic E-state index is 1.24. The second-order valence-electron chi connectivity index (χ2n) is 14.3. The summed E-state index contributed by atoms with van der Waals surface area (Å²) < 4.78 is 5.40. The Labute approximate surface area is 319 Å². The summed E-state index contributed by atoms with van der Waals surface area (Å²) in [4.78, 5) is 0. The van der Waals surface area contributed by atoms with Crippen LogP contribution in [0, 0.1) is 0 Å². The molecule has 0 bridgehead atoms. The van der Waals surface area contributed by atoms with E-state index in [1.807, 2.05) is 22.7 Å². The van der Waals surface area contributed by atoms with Crippen LogP contribution in [0.5, 0.6) is 0 Å². The van der Waals surface area contributed by atoms with Crippen molar-refractivity contribution >= 4 is 106 Å². The van der Waals surface area contributed by atoms with Gasteiger partial charge in [0, 0.05) is 45.9 Å². The van der Waals surface area contributed by atoms with Gasteiger partial charge in [-0.3, -0.25) is 0 Å². The summed E-state index contributed by atoms with van der Waals surface area (Å²) in [6.07, 6.45) is 0. The molecule has 0 unspecified atom stereocenters. The van der Waals surface area contributed by atoms with Gasteiger partial charge in [-0.05, 0) is 101 Å². The van der Waals surface area contributed by atoms with E-state index >= 15 is 0 Å². The van der Waals surface area contributed by atoms with Gasteiger partial charge in [-0.2, -0.15) is 0 Å². The lowest BCUT2D eigenvalue weighted by atomic mass is 9.84. The maximum Gasteiger partial charge on any atom is 0.0441 e. The summed E-state index contributed by atoms with van der Waals surface area (Å²) in [6, 6.07) is 67.8. The summed E-state index contributed by atoms with van der Waals surface area (Å²) in [5, 5.41) is 15.6. The quantitative estimate of drug-likeness (QED) is 0.160. The third kappa shape index (κ3) is 4.36. The zero-order chi connectivity index (χ0) is 35.3. The monoisotopic (exact) mass is 718 g/mol. The fraction of sp³-hybridized carbons (Fsp3) is 0. The Morgan fingerprint density at radius 3 is 1.50 bits per heavy atom. The molecule has 0 aliphatic heterocycles. The third-order valence-electron chi connectivity index (χ3n) is 11.4. The van der Waals surface area contributed by atoms with Crippen LogP contribution in [0.15, 0.2) is 182 Å². The molecule has 2 aromatic heterocycles. The molecular weight excluding hydrogens is 689 g/mol. The van der Waals surface area contributed by atoms with E-state index in [0.29, 0.717) is 0 Å². The molecule has 2 heteroatoms. The van der Waals surface area contributed by atoms with E-state index < -0.39 is 0 Å². The van der Waals surface area contributed by atoms with Gasteiger partial charge < -0.3 is 0 Å². The Morgan fingerprint density at radius 1 is 0.278 bits per heavy atom. The van der Waals surface area contributed by atoms with Crippen molar-refractivity contribution in [3.8, 4) is 33.4 Å². The van der Waals surface area contributed by atoms with Crippen LogP contribution < -0.4 is 0 Å². The number of fused-ring (bicyclic) bond motifs is 11. The van der Waals surface area contributed by atoms with Crippen molar-refractivity contribution in [3.63, 3.8) is 0 Å². The van der Waals surface area contributed by atoms with Gasteiger partial charge in [-0.15, -0.1) is 22.7 Å².